The van der Waals surface area contributed by atoms with E-state index in [9.17, 15) is 0 Å². The van der Waals surface area contributed by atoms with E-state index in [4.69, 9.17) is 0 Å². The summed E-state index contributed by atoms with van der Waals surface area (Å²) < 4.78 is 0. The molecule has 0 radical (unpaired) electrons. The van der Waals surface area contributed by atoms with Crippen molar-refractivity contribution in [2.45, 2.75) is 6.42 Å². The molecule has 0 aliphatic heterocycles. The van der Waals surface area contributed by atoms with Gasteiger partial charge in [0.25, 0.3) is 0 Å². The van der Waals surface area contributed by atoms with Gasteiger partial charge in [-0.1, -0.05) is 115 Å². The first kappa shape index (κ1) is 20.8. The second kappa shape index (κ2) is 8.62. The molecule has 1 aromatic heterocycles. The number of benzene rings is 4. The van der Waals surface area contributed by atoms with E-state index in [-0.39, 0.29) is 0 Å². The van der Waals surface area contributed by atoms with Crippen molar-refractivity contribution < 1.29 is 0 Å². The predicted octanol–water partition coefficient (Wildman–Crippen LogP) is 9.18. The summed E-state index contributed by atoms with van der Waals surface area (Å²) in [6, 6.07) is 30.8. The molecule has 0 spiro atoms. The summed E-state index contributed by atoms with van der Waals surface area (Å²) in [5.41, 5.74) is 9.04. The highest BCUT2D eigenvalue weighted by Gasteiger charge is 2.22. The monoisotopic (exact) mass is 459 g/mol. The van der Waals surface area contributed by atoms with Crippen molar-refractivity contribution in [1.29, 1.82) is 0 Å². The van der Waals surface area contributed by atoms with Crippen LogP contribution in [0.4, 0.5) is 0 Å². The van der Waals surface area contributed by atoms with Crippen molar-refractivity contribution in [2.75, 3.05) is 0 Å². The lowest BCUT2D eigenvalue weighted by Gasteiger charge is -2.25. The number of hydrogen-bond acceptors (Lipinski definition) is 1. The number of fused-ring (bicyclic) bond motifs is 3. The van der Waals surface area contributed by atoms with Gasteiger partial charge in [-0.3, -0.25) is 4.98 Å². The Hall–Kier alpha value is -4.49. The van der Waals surface area contributed by atoms with Crippen molar-refractivity contribution >= 4 is 27.1 Å². The van der Waals surface area contributed by atoms with Gasteiger partial charge in [-0.15, -0.1) is 0 Å². The van der Waals surface area contributed by atoms with Gasteiger partial charge in [-0.05, 0) is 73.0 Å². The van der Waals surface area contributed by atoms with Crippen molar-refractivity contribution in [2.24, 2.45) is 5.92 Å². The van der Waals surface area contributed by atoms with Crippen LogP contribution >= 0.6 is 0 Å². The van der Waals surface area contributed by atoms with Crippen LogP contribution in [-0.2, 0) is 0 Å². The Morgan fingerprint density at radius 1 is 0.583 bits per heavy atom. The lowest BCUT2D eigenvalue weighted by molar-refractivity contribution is 0.794. The van der Waals surface area contributed by atoms with Crippen LogP contribution in [0.2, 0.25) is 0 Å². The molecule has 1 atom stereocenters. The number of aromatic nitrogens is 1. The van der Waals surface area contributed by atoms with Crippen LogP contribution in [0.3, 0.4) is 0 Å². The quantitative estimate of drug-likeness (QED) is 0.245. The Balaban J connectivity index is 1.46. The number of pyridine rings is 1. The molecule has 2 aliphatic rings. The summed E-state index contributed by atoms with van der Waals surface area (Å²) in [4.78, 5) is 4.29. The fourth-order valence-corrected chi connectivity index (χ4v) is 5.80. The molecule has 0 saturated heterocycles. The van der Waals surface area contributed by atoms with Crippen molar-refractivity contribution in [3.8, 4) is 22.3 Å². The minimum absolute atomic E-state index is 0.451. The smallest absolute Gasteiger partial charge is 0.0346 e. The molecule has 7 rings (SSSR count). The zero-order chi connectivity index (χ0) is 23.9. The lowest BCUT2D eigenvalue weighted by atomic mass is 9.79. The highest BCUT2D eigenvalue weighted by Crippen LogP contribution is 2.45. The van der Waals surface area contributed by atoms with E-state index in [2.05, 4.69) is 120 Å². The standard InChI is InChI=1S/C35H25N/c1-2-9-27-22-28(20-17-24(27)8-1)35-32-13-5-3-11-30(32)34(31-12-4-6-14-33(31)35)26-18-15-25(16-19-26)29-10-7-21-36-23-29/h1-21,23,27H,22H2. The van der Waals surface area contributed by atoms with Gasteiger partial charge in [0.2, 0.25) is 0 Å². The van der Waals surface area contributed by atoms with Gasteiger partial charge in [0, 0.05) is 18.3 Å². The Morgan fingerprint density at radius 2 is 1.25 bits per heavy atom. The highest BCUT2D eigenvalue weighted by atomic mass is 14.6. The summed E-state index contributed by atoms with van der Waals surface area (Å²) in [5, 5.41) is 5.24. The van der Waals surface area contributed by atoms with Gasteiger partial charge >= 0.3 is 0 Å². The third-order valence-corrected chi connectivity index (χ3v) is 7.51. The third-order valence-electron chi connectivity index (χ3n) is 7.51. The first-order valence-electron chi connectivity index (χ1n) is 12.6. The van der Waals surface area contributed by atoms with Crippen LogP contribution in [0.15, 0.2) is 139 Å². The minimum Gasteiger partial charge on any atom is -0.264 e. The molecule has 4 aromatic carbocycles. The Morgan fingerprint density at radius 3 is 1.92 bits per heavy atom. The summed E-state index contributed by atoms with van der Waals surface area (Å²) >= 11 is 0. The van der Waals surface area contributed by atoms with Crippen LogP contribution in [0, 0.1) is 5.92 Å². The number of hydrogen-bond donors (Lipinski definition) is 0. The van der Waals surface area contributed by atoms with E-state index in [1.165, 1.54) is 54.9 Å². The van der Waals surface area contributed by atoms with Gasteiger partial charge in [0.1, 0.15) is 0 Å². The predicted molar refractivity (Wildman–Crippen MR) is 153 cm³/mol. The molecule has 0 saturated carbocycles. The van der Waals surface area contributed by atoms with Crippen LogP contribution < -0.4 is 0 Å². The van der Waals surface area contributed by atoms with Crippen LogP contribution in [0.25, 0.3) is 49.4 Å². The molecule has 2 aliphatic carbocycles. The maximum absolute atomic E-state index is 4.29. The van der Waals surface area contributed by atoms with Crippen molar-refractivity contribution in [3.05, 3.63) is 145 Å². The maximum atomic E-state index is 4.29. The molecule has 1 unspecified atom stereocenters. The van der Waals surface area contributed by atoms with E-state index in [0.717, 1.165) is 12.0 Å². The minimum atomic E-state index is 0.451. The van der Waals surface area contributed by atoms with Gasteiger partial charge < -0.3 is 0 Å². The number of allylic oxidation sites excluding steroid dienone is 8. The zero-order valence-electron chi connectivity index (χ0n) is 19.9. The first-order valence-corrected chi connectivity index (χ1v) is 12.6. The van der Waals surface area contributed by atoms with Gasteiger partial charge in [0.05, 0.1) is 0 Å². The molecule has 5 aromatic rings. The molecule has 0 bridgehead atoms. The highest BCUT2D eigenvalue weighted by molar-refractivity contribution is 6.18. The van der Waals surface area contributed by atoms with E-state index >= 15 is 0 Å². The lowest BCUT2D eigenvalue weighted by Crippen LogP contribution is -2.07. The maximum Gasteiger partial charge on any atom is 0.0346 e. The van der Waals surface area contributed by atoms with Crippen LogP contribution in [0.5, 0.6) is 0 Å². The van der Waals surface area contributed by atoms with Crippen LogP contribution in [-0.4, -0.2) is 4.98 Å². The molecule has 0 N–H and O–H groups in total. The van der Waals surface area contributed by atoms with E-state index in [1.54, 1.807) is 0 Å². The summed E-state index contributed by atoms with van der Waals surface area (Å²) in [5.74, 6) is 0.451. The Labute approximate surface area is 211 Å². The average molecular weight is 460 g/mol. The van der Waals surface area contributed by atoms with Gasteiger partial charge in [0.15, 0.2) is 0 Å². The number of rotatable bonds is 3. The molecule has 0 amide bonds. The van der Waals surface area contributed by atoms with E-state index in [1.807, 2.05) is 18.5 Å². The fourth-order valence-electron chi connectivity index (χ4n) is 5.80. The molecule has 170 valence electrons. The SMILES string of the molecule is C1=CC2=CC=C(c3c4ccccc4c(-c4ccc(-c5cccnc5)cc4)c4ccccc34)CC2C=C1. The summed E-state index contributed by atoms with van der Waals surface area (Å²) in [6.07, 6.45) is 18.3. The average Bonchev–Trinajstić information content (AvgIpc) is 2.96. The number of nitrogens with zero attached hydrogens (tertiary/aromatic N) is 1. The second-order valence-corrected chi connectivity index (χ2v) is 9.57. The Bertz CT molecular complexity index is 1670. The first-order chi connectivity index (χ1) is 17.9. The largest absolute Gasteiger partial charge is 0.264 e. The van der Waals surface area contributed by atoms with Gasteiger partial charge in [-0.2, -0.15) is 0 Å². The third kappa shape index (κ3) is 3.44. The normalized spacial score (nSPS) is 16.6. The topological polar surface area (TPSA) is 12.9 Å². The molecule has 36 heavy (non-hydrogen) atoms. The van der Waals surface area contributed by atoms with Crippen molar-refractivity contribution in [1.82, 2.24) is 4.98 Å². The molecular weight excluding hydrogens is 434 g/mol. The van der Waals surface area contributed by atoms with Gasteiger partial charge in [-0.25, -0.2) is 0 Å². The zero-order valence-corrected chi connectivity index (χ0v) is 19.9. The summed E-state index contributed by atoms with van der Waals surface area (Å²) in [7, 11) is 0. The molecule has 1 heterocycles. The Kier molecular flexibility index (Phi) is 4.99. The van der Waals surface area contributed by atoms with Crippen LogP contribution in [0.1, 0.15) is 12.0 Å². The molecule has 1 heteroatoms. The fraction of sp³-hybridized carbons (Fsp3) is 0.0571. The summed E-state index contributed by atoms with van der Waals surface area (Å²) in [6.45, 7) is 0. The van der Waals surface area contributed by atoms with E-state index < -0.39 is 0 Å². The molecule has 0 fully saturated rings. The second-order valence-electron chi connectivity index (χ2n) is 9.57. The molecule has 1 nitrogen and oxygen atoms in total. The van der Waals surface area contributed by atoms with E-state index in [0.29, 0.717) is 5.92 Å². The molecular formula is C35H25N. The van der Waals surface area contributed by atoms with Crippen molar-refractivity contribution in [3.63, 3.8) is 0 Å².